The molecule has 0 bridgehead atoms. The third-order valence-corrected chi connectivity index (χ3v) is 6.99. The number of carbonyl (C=O) groups excluding carboxylic acids is 2. The zero-order valence-corrected chi connectivity index (χ0v) is 22.8. The fourth-order valence-electron chi connectivity index (χ4n) is 4.98. The van der Waals surface area contributed by atoms with Gasteiger partial charge in [-0.2, -0.15) is 0 Å². The predicted octanol–water partition coefficient (Wildman–Crippen LogP) is 3.66. The van der Waals surface area contributed by atoms with Gasteiger partial charge < -0.3 is 33.7 Å². The van der Waals surface area contributed by atoms with Crippen molar-refractivity contribution in [1.29, 1.82) is 0 Å². The number of hydrogen-bond acceptors (Lipinski definition) is 8. The summed E-state index contributed by atoms with van der Waals surface area (Å²) >= 11 is 0. The van der Waals surface area contributed by atoms with Crippen molar-refractivity contribution in [3.05, 3.63) is 47.2 Å². The molecule has 1 amide bonds. The van der Waals surface area contributed by atoms with Crippen molar-refractivity contribution in [2.24, 2.45) is 5.92 Å². The molecule has 2 aliphatic rings. The van der Waals surface area contributed by atoms with E-state index in [1.165, 1.54) is 13.5 Å². The van der Waals surface area contributed by atoms with Gasteiger partial charge in [-0.25, -0.2) is 4.79 Å². The second kappa shape index (κ2) is 16.5. The molecule has 3 unspecified atom stereocenters. The number of esters is 1. The Labute approximate surface area is 226 Å². The molecule has 38 heavy (non-hydrogen) atoms. The summed E-state index contributed by atoms with van der Waals surface area (Å²) < 4.78 is 28.2. The van der Waals surface area contributed by atoms with Crippen molar-refractivity contribution in [1.82, 2.24) is 4.90 Å². The second-order valence-electron chi connectivity index (χ2n) is 9.57. The van der Waals surface area contributed by atoms with E-state index >= 15 is 0 Å². The van der Waals surface area contributed by atoms with E-state index in [1.54, 1.807) is 12.1 Å². The number of benzene rings is 1. The highest BCUT2D eigenvalue weighted by molar-refractivity contribution is 5.92. The number of amides is 1. The van der Waals surface area contributed by atoms with Crippen molar-refractivity contribution in [2.75, 3.05) is 59.8 Å². The van der Waals surface area contributed by atoms with Gasteiger partial charge in [-0.05, 0) is 50.0 Å². The van der Waals surface area contributed by atoms with E-state index in [0.29, 0.717) is 44.2 Å². The summed E-state index contributed by atoms with van der Waals surface area (Å²) in [7, 11) is 1.36. The topological polar surface area (TPSA) is 104 Å². The van der Waals surface area contributed by atoms with E-state index in [2.05, 4.69) is 0 Å². The summed E-state index contributed by atoms with van der Waals surface area (Å²) in [6.45, 7) is 5.36. The lowest BCUT2D eigenvalue weighted by atomic mass is 9.81. The normalized spacial score (nSPS) is 22.1. The number of nitrogens with zero attached hydrogens (tertiary/aromatic N) is 1. The number of hydrogen-bond donors (Lipinski definition) is 1. The van der Waals surface area contributed by atoms with Gasteiger partial charge in [0.25, 0.3) is 5.91 Å². The van der Waals surface area contributed by atoms with Crippen LogP contribution < -0.4 is 0 Å². The Bertz CT molecular complexity index is 879. The molecule has 1 fully saturated rings. The first kappa shape index (κ1) is 30.1. The molecule has 0 spiro atoms. The molecule has 212 valence electrons. The Kier molecular flexibility index (Phi) is 13.1. The molecular weight excluding hydrogens is 490 g/mol. The molecule has 2 heterocycles. The van der Waals surface area contributed by atoms with E-state index in [-0.39, 0.29) is 31.0 Å². The van der Waals surface area contributed by atoms with Crippen molar-refractivity contribution < 1.29 is 38.4 Å². The number of aliphatic hydroxyl groups is 1. The molecule has 0 saturated carbocycles. The highest BCUT2D eigenvalue weighted by Crippen LogP contribution is 2.39. The lowest BCUT2D eigenvalue weighted by molar-refractivity contribution is -0.172. The molecule has 1 N–H and O–H groups in total. The number of allylic oxidation sites excluding steroid dienone is 1. The second-order valence-corrected chi connectivity index (χ2v) is 9.57. The molecule has 3 atom stereocenters. The quantitative estimate of drug-likeness (QED) is 0.303. The van der Waals surface area contributed by atoms with E-state index in [0.717, 1.165) is 44.3 Å². The van der Waals surface area contributed by atoms with E-state index < -0.39 is 12.3 Å². The largest absolute Gasteiger partial charge is 0.465 e. The van der Waals surface area contributed by atoms with Gasteiger partial charge in [0.2, 0.25) is 6.29 Å². The maximum atomic E-state index is 13.6. The van der Waals surface area contributed by atoms with Gasteiger partial charge >= 0.3 is 5.97 Å². The standard InChI is InChI=1S/C29H43NO8/c1-3-37-29-24(13-17-35-19-20-36-18-16-31)25(22-9-11-23(12-10-22)28(33)34-2)21-26(38-29)27(32)30-14-7-5-4-6-8-15-30/h9-12,21,24-25,29,31H,3-8,13-20H2,1-2H3. The van der Waals surface area contributed by atoms with Crippen LogP contribution in [0.3, 0.4) is 0 Å². The summed E-state index contributed by atoms with van der Waals surface area (Å²) in [5.74, 6) is -0.451. The van der Waals surface area contributed by atoms with Crippen LogP contribution in [0.25, 0.3) is 0 Å². The van der Waals surface area contributed by atoms with Crippen molar-refractivity contribution in [3.63, 3.8) is 0 Å². The maximum absolute atomic E-state index is 13.6. The van der Waals surface area contributed by atoms with Gasteiger partial charge in [-0.15, -0.1) is 0 Å². The average Bonchev–Trinajstić information content (AvgIpc) is 2.92. The Morgan fingerprint density at radius 1 is 0.974 bits per heavy atom. The smallest absolute Gasteiger partial charge is 0.337 e. The molecule has 1 saturated heterocycles. The van der Waals surface area contributed by atoms with E-state index in [9.17, 15) is 9.59 Å². The van der Waals surface area contributed by atoms with Crippen LogP contribution in [0.4, 0.5) is 0 Å². The lowest BCUT2D eigenvalue weighted by Gasteiger charge is -2.38. The first-order valence-electron chi connectivity index (χ1n) is 13.8. The van der Waals surface area contributed by atoms with Gasteiger partial charge in [0.05, 0.1) is 39.1 Å². The summed E-state index contributed by atoms with van der Waals surface area (Å²) in [5, 5.41) is 8.84. The maximum Gasteiger partial charge on any atom is 0.337 e. The average molecular weight is 534 g/mol. The van der Waals surface area contributed by atoms with Crippen LogP contribution in [0.15, 0.2) is 36.1 Å². The number of likely N-dealkylation sites (tertiary alicyclic amines) is 1. The number of ether oxygens (including phenoxy) is 5. The van der Waals surface area contributed by atoms with Gasteiger partial charge in [0.1, 0.15) is 0 Å². The molecule has 9 heteroatoms. The summed E-state index contributed by atoms with van der Waals surface area (Å²) in [4.78, 5) is 27.5. The van der Waals surface area contributed by atoms with E-state index in [4.69, 9.17) is 28.8 Å². The van der Waals surface area contributed by atoms with Crippen molar-refractivity contribution in [2.45, 2.75) is 57.7 Å². The van der Waals surface area contributed by atoms with Crippen molar-refractivity contribution in [3.8, 4) is 0 Å². The Morgan fingerprint density at radius 2 is 1.63 bits per heavy atom. The summed E-state index contributed by atoms with van der Waals surface area (Å²) in [6.07, 6.45) is 7.41. The minimum absolute atomic E-state index is 0.0171. The summed E-state index contributed by atoms with van der Waals surface area (Å²) in [6, 6.07) is 7.28. The van der Waals surface area contributed by atoms with Crippen LogP contribution in [0.2, 0.25) is 0 Å². The number of rotatable bonds is 13. The molecule has 1 aromatic carbocycles. The summed E-state index contributed by atoms with van der Waals surface area (Å²) in [5.41, 5.74) is 1.42. The molecule has 0 aliphatic carbocycles. The zero-order chi connectivity index (χ0) is 27.2. The fraction of sp³-hybridized carbons (Fsp3) is 0.655. The molecule has 9 nitrogen and oxygen atoms in total. The Balaban J connectivity index is 1.83. The van der Waals surface area contributed by atoms with Gasteiger partial charge in [-0.3, -0.25) is 4.79 Å². The molecule has 1 aromatic rings. The monoisotopic (exact) mass is 533 g/mol. The third kappa shape index (κ3) is 8.80. The number of methoxy groups -OCH3 is 1. The number of carbonyl (C=O) groups is 2. The first-order valence-corrected chi connectivity index (χ1v) is 13.8. The molecule has 0 radical (unpaired) electrons. The van der Waals surface area contributed by atoms with Gasteiger partial charge in [-0.1, -0.05) is 31.4 Å². The Morgan fingerprint density at radius 3 is 2.26 bits per heavy atom. The van der Waals surface area contributed by atoms with Crippen LogP contribution in [0.1, 0.15) is 67.3 Å². The van der Waals surface area contributed by atoms with Crippen LogP contribution in [-0.4, -0.2) is 88.0 Å². The van der Waals surface area contributed by atoms with Crippen LogP contribution in [0.5, 0.6) is 0 Å². The zero-order valence-electron chi connectivity index (χ0n) is 22.8. The van der Waals surface area contributed by atoms with E-state index in [1.807, 2.05) is 30.0 Å². The minimum Gasteiger partial charge on any atom is -0.465 e. The van der Waals surface area contributed by atoms with Crippen molar-refractivity contribution >= 4 is 11.9 Å². The van der Waals surface area contributed by atoms with Gasteiger partial charge in [0.15, 0.2) is 5.76 Å². The highest BCUT2D eigenvalue weighted by Gasteiger charge is 2.39. The SMILES string of the molecule is CCOC1OC(C(=O)N2CCCCCCC2)=CC(c2ccc(C(=O)OC)cc2)C1CCOCCOCCO. The molecule has 2 aliphatic heterocycles. The fourth-order valence-corrected chi connectivity index (χ4v) is 4.98. The van der Waals surface area contributed by atoms with Crippen LogP contribution in [0, 0.1) is 5.92 Å². The van der Waals surface area contributed by atoms with Crippen LogP contribution in [-0.2, 0) is 28.5 Å². The lowest BCUT2D eigenvalue weighted by Crippen LogP contribution is -2.41. The van der Waals surface area contributed by atoms with Crippen LogP contribution >= 0.6 is 0 Å². The third-order valence-electron chi connectivity index (χ3n) is 6.99. The molecular formula is C29H43NO8. The van der Waals surface area contributed by atoms with Gasteiger partial charge in [0, 0.05) is 38.1 Å². The highest BCUT2D eigenvalue weighted by atomic mass is 16.7. The minimum atomic E-state index is -0.613. The predicted molar refractivity (Wildman–Crippen MR) is 142 cm³/mol. The first-order chi connectivity index (χ1) is 18.6. The molecule has 3 rings (SSSR count). The Hall–Kier alpha value is -2.46. The molecule has 0 aromatic heterocycles. The number of aliphatic hydroxyl groups excluding tert-OH is 1.